The molecule has 1 atom stereocenters. The molecule has 2 heterocycles. The fourth-order valence-electron chi connectivity index (χ4n) is 5.07. The van der Waals surface area contributed by atoms with Crippen LogP contribution in [0.3, 0.4) is 0 Å². The first-order valence-corrected chi connectivity index (χ1v) is 11.5. The summed E-state index contributed by atoms with van der Waals surface area (Å²) in [5.41, 5.74) is 4.36. The van der Waals surface area contributed by atoms with Gasteiger partial charge >= 0.3 is 11.7 Å². The zero-order valence-corrected chi connectivity index (χ0v) is 19.5. The zero-order valence-electron chi connectivity index (χ0n) is 17.9. The van der Waals surface area contributed by atoms with Crippen LogP contribution >= 0.6 is 15.9 Å². The molecule has 7 nitrogen and oxygen atoms in total. The van der Waals surface area contributed by atoms with E-state index in [1.807, 2.05) is 31.2 Å². The van der Waals surface area contributed by atoms with Crippen molar-refractivity contribution in [2.45, 2.75) is 32.2 Å². The Morgan fingerprint density at radius 1 is 1.31 bits per heavy atom. The fraction of sp³-hybridized carbons (Fsp3) is 0.375. The minimum absolute atomic E-state index is 0.00501. The van der Waals surface area contributed by atoms with Crippen molar-refractivity contribution < 1.29 is 18.9 Å². The maximum atomic E-state index is 12.0. The smallest absolute Gasteiger partial charge is 0.312 e. The van der Waals surface area contributed by atoms with Gasteiger partial charge in [0.2, 0.25) is 5.58 Å². The summed E-state index contributed by atoms with van der Waals surface area (Å²) in [7, 11) is 1.41. The van der Waals surface area contributed by atoms with Crippen LogP contribution in [0.1, 0.15) is 35.6 Å². The molecule has 0 N–H and O–H groups in total. The first kappa shape index (κ1) is 21.2. The van der Waals surface area contributed by atoms with Crippen LogP contribution in [-0.2, 0) is 16.0 Å². The largest absolute Gasteiger partial charge is 0.469 e. The minimum Gasteiger partial charge on any atom is -0.469 e. The van der Waals surface area contributed by atoms with Crippen LogP contribution in [0.15, 0.2) is 39.2 Å². The van der Waals surface area contributed by atoms with E-state index < -0.39 is 0 Å². The lowest BCUT2D eigenvalue weighted by atomic mass is 9.82. The molecule has 2 aromatic carbocycles. The molecule has 0 saturated carbocycles. The van der Waals surface area contributed by atoms with Gasteiger partial charge in [-0.1, -0.05) is 28.1 Å². The number of hydrogen-bond acceptors (Lipinski definition) is 6. The van der Waals surface area contributed by atoms with Gasteiger partial charge < -0.3 is 9.15 Å². The van der Waals surface area contributed by atoms with E-state index in [1.54, 1.807) is 6.07 Å². The van der Waals surface area contributed by atoms with Crippen molar-refractivity contribution >= 4 is 38.6 Å². The number of rotatable bonds is 4. The fourth-order valence-corrected chi connectivity index (χ4v) is 5.44. The van der Waals surface area contributed by atoms with Crippen LogP contribution in [0.4, 0.5) is 5.69 Å². The predicted octanol–water partition coefficient (Wildman–Crippen LogP) is 5.56. The highest BCUT2D eigenvalue weighted by molar-refractivity contribution is 9.10. The SMILES string of the molecule is COC(=O)C1CN(C2CCCc3c2cc([N+](=O)[O-])c2oc(-c4cccc(Br)c4C)cc32)C1. The number of ether oxygens (including phenoxy) is 1. The Bertz CT molecular complexity index is 1240. The average Bonchev–Trinajstić information content (AvgIpc) is 3.19. The number of non-ortho nitro benzene ring substituents is 1. The van der Waals surface area contributed by atoms with Crippen molar-refractivity contribution in [3.05, 3.63) is 61.6 Å². The van der Waals surface area contributed by atoms with Crippen LogP contribution in [-0.4, -0.2) is 36.0 Å². The molecule has 1 unspecified atom stereocenters. The summed E-state index contributed by atoms with van der Waals surface area (Å²) in [6, 6.07) is 9.56. The molecule has 8 heteroatoms. The molecule has 1 fully saturated rings. The number of halogens is 1. The standard InChI is InChI=1S/C24H23BrN2O5/c1-13-15(5-3-7-19(13)25)22-10-18-16-6-4-8-20(26-11-14(12-26)24(28)31-2)17(16)9-21(27(29)30)23(18)32-22/h3,5,7,9-10,14,20H,4,6,8,11-12H2,1-2H3. The molecule has 5 rings (SSSR count). The number of methoxy groups -OCH3 is 1. The maximum Gasteiger partial charge on any atom is 0.312 e. The molecule has 32 heavy (non-hydrogen) atoms. The molecule has 166 valence electrons. The number of furan rings is 1. The number of carbonyl (C=O) groups excluding carboxylic acids is 1. The number of carbonyl (C=O) groups is 1. The first-order chi connectivity index (χ1) is 15.4. The number of nitrogens with zero attached hydrogens (tertiary/aromatic N) is 2. The quantitative estimate of drug-likeness (QED) is 0.266. The van der Waals surface area contributed by atoms with Crippen LogP contribution in [0, 0.1) is 23.0 Å². The summed E-state index contributed by atoms with van der Waals surface area (Å²) in [6.45, 7) is 3.24. The van der Waals surface area contributed by atoms with Crippen molar-refractivity contribution in [3.8, 4) is 11.3 Å². The Morgan fingerprint density at radius 3 is 2.81 bits per heavy atom. The van der Waals surface area contributed by atoms with Crippen molar-refractivity contribution in [1.82, 2.24) is 4.90 Å². The third-order valence-electron chi connectivity index (χ3n) is 6.81. The Kier molecular flexibility index (Phi) is 5.29. The van der Waals surface area contributed by atoms with Crippen molar-refractivity contribution in [1.29, 1.82) is 0 Å². The highest BCUT2D eigenvalue weighted by Gasteiger charge is 2.40. The van der Waals surface area contributed by atoms with Crippen molar-refractivity contribution in [2.75, 3.05) is 20.2 Å². The van der Waals surface area contributed by atoms with Gasteiger partial charge in [0.1, 0.15) is 5.76 Å². The molecule has 0 amide bonds. The van der Waals surface area contributed by atoms with Crippen molar-refractivity contribution in [3.63, 3.8) is 0 Å². The number of fused-ring (bicyclic) bond motifs is 3. The molecule has 3 aromatic rings. The summed E-state index contributed by atoms with van der Waals surface area (Å²) in [5, 5.41) is 12.8. The number of esters is 1. The van der Waals surface area contributed by atoms with Crippen LogP contribution in [0.2, 0.25) is 0 Å². The Hall–Kier alpha value is -2.71. The molecule has 0 spiro atoms. The van der Waals surface area contributed by atoms with Gasteiger partial charge in [-0.25, -0.2) is 0 Å². The molecular weight excluding hydrogens is 476 g/mol. The molecule has 2 aliphatic rings. The topological polar surface area (TPSA) is 85.8 Å². The summed E-state index contributed by atoms with van der Waals surface area (Å²) in [4.78, 5) is 25.7. The summed E-state index contributed by atoms with van der Waals surface area (Å²) >= 11 is 3.55. The average molecular weight is 499 g/mol. The lowest BCUT2D eigenvalue weighted by Crippen LogP contribution is -2.52. The molecule has 1 aromatic heterocycles. The Labute approximate surface area is 193 Å². The minimum atomic E-state index is -0.358. The van der Waals surface area contributed by atoms with Gasteiger partial charge in [0, 0.05) is 40.6 Å². The van der Waals surface area contributed by atoms with Gasteiger partial charge in [0.15, 0.2) is 0 Å². The van der Waals surface area contributed by atoms with Crippen LogP contribution < -0.4 is 0 Å². The third-order valence-corrected chi connectivity index (χ3v) is 7.67. The van der Waals surface area contributed by atoms with Gasteiger partial charge in [-0.05, 0) is 55.0 Å². The highest BCUT2D eigenvalue weighted by atomic mass is 79.9. The van der Waals surface area contributed by atoms with Gasteiger partial charge in [0.25, 0.3) is 0 Å². The molecule has 1 aliphatic carbocycles. The molecule has 1 saturated heterocycles. The number of nitro benzene ring substituents is 1. The van der Waals surface area contributed by atoms with Crippen LogP contribution in [0.5, 0.6) is 0 Å². The second-order valence-corrected chi connectivity index (χ2v) is 9.42. The van der Waals surface area contributed by atoms with E-state index in [4.69, 9.17) is 9.15 Å². The maximum absolute atomic E-state index is 12.0. The van der Waals surface area contributed by atoms with Gasteiger partial charge in [0.05, 0.1) is 18.0 Å². The number of likely N-dealkylation sites (tertiary alicyclic amines) is 1. The van der Waals surface area contributed by atoms with Gasteiger partial charge in [-0.3, -0.25) is 19.8 Å². The lowest BCUT2D eigenvalue weighted by Gasteiger charge is -2.45. The second-order valence-electron chi connectivity index (χ2n) is 8.57. The van der Waals surface area contributed by atoms with E-state index in [-0.39, 0.29) is 28.5 Å². The third kappa shape index (κ3) is 3.33. The summed E-state index contributed by atoms with van der Waals surface area (Å²) in [5.74, 6) is 0.318. The van der Waals surface area contributed by atoms with Crippen LogP contribution in [0.25, 0.3) is 22.3 Å². The zero-order chi connectivity index (χ0) is 22.6. The lowest BCUT2D eigenvalue weighted by molar-refractivity contribution is -0.383. The van der Waals surface area contributed by atoms with E-state index in [0.29, 0.717) is 24.4 Å². The molecular formula is C24H23BrN2O5. The van der Waals surface area contributed by atoms with E-state index in [0.717, 1.165) is 51.4 Å². The highest BCUT2D eigenvalue weighted by Crippen LogP contribution is 2.46. The van der Waals surface area contributed by atoms with Crippen molar-refractivity contribution in [2.24, 2.45) is 5.92 Å². The Balaban J connectivity index is 1.61. The number of hydrogen-bond donors (Lipinski definition) is 0. The molecule has 0 bridgehead atoms. The monoisotopic (exact) mass is 498 g/mol. The summed E-state index contributed by atoms with van der Waals surface area (Å²) in [6.07, 6.45) is 2.75. The van der Waals surface area contributed by atoms with Gasteiger partial charge in [-0.15, -0.1) is 0 Å². The van der Waals surface area contributed by atoms with E-state index in [2.05, 4.69) is 20.8 Å². The second kappa shape index (κ2) is 8.01. The van der Waals surface area contributed by atoms with Gasteiger partial charge in [-0.2, -0.15) is 0 Å². The summed E-state index contributed by atoms with van der Waals surface area (Å²) < 4.78 is 11.9. The predicted molar refractivity (Wildman–Crippen MR) is 123 cm³/mol. The number of nitro groups is 1. The van der Waals surface area contributed by atoms with E-state index >= 15 is 0 Å². The number of benzene rings is 2. The van der Waals surface area contributed by atoms with E-state index in [9.17, 15) is 14.9 Å². The Morgan fingerprint density at radius 2 is 2.09 bits per heavy atom. The first-order valence-electron chi connectivity index (χ1n) is 10.7. The van der Waals surface area contributed by atoms with E-state index in [1.165, 1.54) is 7.11 Å². The normalized spacial score (nSPS) is 18.9. The number of aryl methyl sites for hydroxylation is 1. The molecule has 1 aliphatic heterocycles. The molecule has 0 radical (unpaired) electrons.